The zero-order valence-corrected chi connectivity index (χ0v) is 19.4. The molecule has 5 aromatic rings. The zero-order valence-electron chi connectivity index (χ0n) is 17.0. The van der Waals surface area contributed by atoms with Crippen molar-refractivity contribution >= 4 is 37.4 Å². The number of rotatable bonds is 6. The van der Waals surface area contributed by atoms with Gasteiger partial charge in [0.15, 0.2) is 5.75 Å². The van der Waals surface area contributed by atoms with Crippen LogP contribution in [0.1, 0.15) is 5.56 Å². The van der Waals surface area contributed by atoms with Crippen LogP contribution < -0.4 is 9.47 Å². The van der Waals surface area contributed by atoms with Gasteiger partial charge >= 0.3 is 0 Å². The van der Waals surface area contributed by atoms with Crippen molar-refractivity contribution in [3.8, 4) is 33.4 Å². The number of phenols is 1. The standard InChI is InChI=1S/C27H19BrO3S/c28-20-8-6-19(7-9-20)27-26(31-22-12-10-21(29)11-13-22)24-15-14-23(16-25(24)32-27)30-17-18-4-2-1-3-5-18/h1-16,29H,17H2. The molecular weight excluding hydrogens is 484 g/mol. The molecule has 1 heterocycles. The quantitative estimate of drug-likeness (QED) is 0.253. The Morgan fingerprint density at radius 1 is 0.781 bits per heavy atom. The summed E-state index contributed by atoms with van der Waals surface area (Å²) in [7, 11) is 0. The van der Waals surface area contributed by atoms with Gasteiger partial charge in [-0.15, -0.1) is 11.3 Å². The first kappa shape index (κ1) is 20.6. The van der Waals surface area contributed by atoms with E-state index in [2.05, 4.69) is 46.3 Å². The molecule has 158 valence electrons. The van der Waals surface area contributed by atoms with E-state index in [0.717, 1.165) is 42.1 Å². The maximum Gasteiger partial charge on any atom is 0.153 e. The molecule has 4 aromatic carbocycles. The summed E-state index contributed by atoms with van der Waals surface area (Å²) in [5, 5.41) is 10.6. The van der Waals surface area contributed by atoms with Crippen LogP contribution in [0.5, 0.6) is 23.0 Å². The molecule has 0 aliphatic heterocycles. The summed E-state index contributed by atoms with van der Waals surface area (Å²) in [6.07, 6.45) is 0. The van der Waals surface area contributed by atoms with Crippen molar-refractivity contribution in [2.24, 2.45) is 0 Å². The summed E-state index contributed by atoms with van der Waals surface area (Å²) >= 11 is 5.18. The van der Waals surface area contributed by atoms with Crippen LogP contribution >= 0.6 is 27.3 Å². The van der Waals surface area contributed by atoms with Gasteiger partial charge < -0.3 is 14.6 Å². The molecule has 0 aliphatic carbocycles. The number of phenolic OH excluding ortho intramolecular Hbond substituents is 1. The lowest BCUT2D eigenvalue weighted by Gasteiger charge is -2.09. The van der Waals surface area contributed by atoms with Crippen LogP contribution in [0.3, 0.4) is 0 Å². The molecule has 1 N–H and O–H groups in total. The number of benzene rings is 4. The van der Waals surface area contributed by atoms with E-state index < -0.39 is 0 Å². The molecule has 3 nitrogen and oxygen atoms in total. The highest BCUT2D eigenvalue weighted by Crippen LogP contribution is 2.47. The molecule has 0 atom stereocenters. The Morgan fingerprint density at radius 2 is 1.50 bits per heavy atom. The number of hydrogen-bond acceptors (Lipinski definition) is 4. The fourth-order valence-electron chi connectivity index (χ4n) is 3.41. The lowest BCUT2D eigenvalue weighted by molar-refractivity contribution is 0.306. The third kappa shape index (κ3) is 4.49. The van der Waals surface area contributed by atoms with E-state index in [9.17, 15) is 5.11 Å². The Bertz CT molecular complexity index is 1340. The molecule has 5 rings (SSSR count). The van der Waals surface area contributed by atoms with Crippen LogP contribution in [0.2, 0.25) is 0 Å². The van der Waals surface area contributed by atoms with Gasteiger partial charge in [0, 0.05) is 14.6 Å². The number of thiophene rings is 1. The Labute approximate surface area is 198 Å². The van der Waals surface area contributed by atoms with E-state index >= 15 is 0 Å². The van der Waals surface area contributed by atoms with Crippen molar-refractivity contribution in [3.05, 3.63) is 107 Å². The van der Waals surface area contributed by atoms with Crippen molar-refractivity contribution in [2.75, 3.05) is 0 Å². The summed E-state index contributed by atoms with van der Waals surface area (Å²) in [4.78, 5) is 1.04. The fraction of sp³-hybridized carbons (Fsp3) is 0.0370. The topological polar surface area (TPSA) is 38.7 Å². The van der Waals surface area contributed by atoms with Crippen molar-refractivity contribution < 1.29 is 14.6 Å². The number of aromatic hydroxyl groups is 1. The predicted molar refractivity (Wildman–Crippen MR) is 134 cm³/mol. The summed E-state index contributed by atoms with van der Waals surface area (Å²) in [6, 6.07) is 31.2. The monoisotopic (exact) mass is 502 g/mol. The van der Waals surface area contributed by atoms with Crippen LogP contribution in [0.15, 0.2) is 102 Å². The first-order valence-corrected chi connectivity index (χ1v) is 11.7. The number of ether oxygens (including phenoxy) is 2. The van der Waals surface area contributed by atoms with E-state index in [0.29, 0.717) is 12.4 Å². The van der Waals surface area contributed by atoms with Gasteiger partial charge in [-0.1, -0.05) is 58.4 Å². The SMILES string of the molecule is Oc1ccc(Oc2c(-c3ccc(Br)cc3)sc3cc(OCc4ccccc4)ccc23)cc1. The van der Waals surface area contributed by atoms with Crippen LogP contribution in [-0.4, -0.2) is 5.11 Å². The molecule has 0 aliphatic rings. The second-order valence-electron chi connectivity index (χ2n) is 7.30. The van der Waals surface area contributed by atoms with Gasteiger partial charge in [-0.25, -0.2) is 0 Å². The summed E-state index contributed by atoms with van der Waals surface area (Å²) in [5.74, 6) is 2.50. The molecule has 32 heavy (non-hydrogen) atoms. The van der Waals surface area contributed by atoms with E-state index in [4.69, 9.17) is 9.47 Å². The molecule has 0 bridgehead atoms. The highest BCUT2D eigenvalue weighted by molar-refractivity contribution is 9.10. The smallest absolute Gasteiger partial charge is 0.153 e. The maximum absolute atomic E-state index is 9.60. The molecular formula is C27H19BrO3S. The number of halogens is 1. The molecule has 1 aromatic heterocycles. The van der Waals surface area contributed by atoms with Gasteiger partial charge in [0.2, 0.25) is 0 Å². The van der Waals surface area contributed by atoms with E-state index in [1.807, 2.05) is 42.5 Å². The Morgan fingerprint density at radius 3 is 2.25 bits per heavy atom. The first-order valence-electron chi connectivity index (χ1n) is 10.1. The average Bonchev–Trinajstić information content (AvgIpc) is 3.18. The first-order chi connectivity index (χ1) is 15.7. The molecule has 0 amide bonds. The van der Waals surface area contributed by atoms with Gasteiger partial charge in [0.1, 0.15) is 23.9 Å². The van der Waals surface area contributed by atoms with Gasteiger partial charge in [-0.05, 0) is 65.7 Å². The van der Waals surface area contributed by atoms with Crippen LogP contribution in [-0.2, 0) is 6.61 Å². The van der Waals surface area contributed by atoms with Crippen LogP contribution in [0.25, 0.3) is 20.5 Å². The normalized spacial score (nSPS) is 10.9. The van der Waals surface area contributed by atoms with Gasteiger partial charge in [0.25, 0.3) is 0 Å². The molecule has 0 radical (unpaired) electrons. The largest absolute Gasteiger partial charge is 0.508 e. The minimum atomic E-state index is 0.209. The summed E-state index contributed by atoms with van der Waals surface area (Å²) in [5.41, 5.74) is 2.21. The molecule has 0 saturated heterocycles. The number of fused-ring (bicyclic) bond motifs is 1. The molecule has 5 heteroatoms. The zero-order chi connectivity index (χ0) is 21.9. The molecule has 0 unspecified atom stereocenters. The van der Waals surface area contributed by atoms with E-state index in [1.165, 1.54) is 0 Å². The Hall–Kier alpha value is -3.28. The lowest BCUT2D eigenvalue weighted by atomic mass is 10.1. The van der Waals surface area contributed by atoms with E-state index in [1.54, 1.807) is 35.6 Å². The van der Waals surface area contributed by atoms with Crippen LogP contribution in [0.4, 0.5) is 0 Å². The van der Waals surface area contributed by atoms with Gasteiger partial charge in [-0.3, -0.25) is 0 Å². The third-order valence-electron chi connectivity index (χ3n) is 5.03. The maximum atomic E-state index is 9.60. The fourth-order valence-corrected chi connectivity index (χ4v) is 4.84. The van der Waals surface area contributed by atoms with Crippen molar-refractivity contribution in [3.63, 3.8) is 0 Å². The second-order valence-corrected chi connectivity index (χ2v) is 9.26. The minimum absolute atomic E-state index is 0.209. The Balaban J connectivity index is 1.53. The lowest BCUT2D eigenvalue weighted by Crippen LogP contribution is -1.94. The second kappa shape index (κ2) is 9.07. The van der Waals surface area contributed by atoms with Crippen LogP contribution in [0, 0.1) is 0 Å². The van der Waals surface area contributed by atoms with Crippen molar-refractivity contribution in [1.82, 2.24) is 0 Å². The Kier molecular flexibility index (Phi) is 5.84. The van der Waals surface area contributed by atoms with Gasteiger partial charge in [0.05, 0.1) is 4.88 Å². The van der Waals surface area contributed by atoms with Gasteiger partial charge in [-0.2, -0.15) is 0 Å². The predicted octanol–water partition coefficient (Wildman–Crippen LogP) is 8.41. The third-order valence-corrected chi connectivity index (χ3v) is 6.74. The van der Waals surface area contributed by atoms with E-state index in [-0.39, 0.29) is 5.75 Å². The average molecular weight is 503 g/mol. The molecule has 0 saturated carbocycles. The molecule has 0 fully saturated rings. The number of hydrogen-bond donors (Lipinski definition) is 1. The summed E-state index contributed by atoms with van der Waals surface area (Å²) < 4.78 is 14.5. The highest BCUT2D eigenvalue weighted by Gasteiger charge is 2.17. The summed E-state index contributed by atoms with van der Waals surface area (Å²) in [6.45, 7) is 0.522. The van der Waals surface area contributed by atoms with Crippen molar-refractivity contribution in [1.29, 1.82) is 0 Å². The molecule has 0 spiro atoms. The van der Waals surface area contributed by atoms with Crippen molar-refractivity contribution in [2.45, 2.75) is 6.61 Å². The minimum Gasteiger partial charge on any atom is -0.508 e. The highest BCUT2D eigenvalue weighted by atomic mass is 79.9.